The molecule has 84 valence electrons. The van der Waals surface area contributed by atoms with Crippen molar-refractivity contribution < 1.29 is 13.9 Å². The second-order valence-electron chi connectivity index (χ2n) is 3.01. The zero-order valence-corrected chi connectivity index (χ0v) is 10.6. The van der Waals surface area contributed by atoms with E-state index in [0.717, 1.165) is 9.86 Å². The third-order valence-electron chi connectivity index (χ3n) is 1.91. The first kappa shape index (κ1) is 11.3. The van der Waals surface area contributed by atoms with E-state index in [0.29, 0.717) is 10.6 Å². The van der Waals surface area contributed by atoms with Gasteiger partial charge in [-0.3, -0.25) is 0 Å². The van der Waals surface area contributed by atoms with Crippen LogP contribution in [0, 0.1) is 0 Å². The number of benzene rings is 1. The first-order chi connectivity index (χ1) is 7.60. The number of carbonyl (C=O) groups excluding carboxylic acids is 1. The molecule has 1 aromatic carbocycles. The topological polar surface area (TPSA) is 51.5 Å². The summed E-state index contributed by atoms with van der Waals surface area (Å²) in [7, 11) is 1.47. The van der Waals surface area contributed by atoms with E-state index in [2.05, 4.69) is 21.2 Å². The smallest absolute Gasteiger partial charge is 0.414 e. The minimum atomic E-state index is -0.589. The number of halogens is 2. The zero-order valence-electron chi connectivity index (χ0n) is 8.21. The van der Waals surface area contributed by atoms with Crippen molar-refractivity contribution in [1.82, 2.24) is 5.32 Å². The molecule has 0 unspecified atom stereocenters. The fourth-order valence-corrected chi connectivity index (χ4v) is 2.12. The number of fused-ring (bicyclic) bond motifs is 1. The lowest BCUT2D eigenvalue weighted by Gasteiger charge is -1.97. The average molecular weight is 305 g/mol. The van der Waals surface area contributed by atoms with Crippen LogP contribution in [0.25, 0.3) is 11.0 Å². The number of furan rings is 1. The summed E-state index contributed by atoms with van der Waals surface area (Å²) >= 11 is 9.28. The zero-order chi connectivity index (χ0) is 11.7. The summed E-state index contributed by atoms with van der Waals surface area (Å²) in [6.07, 6.45) is -0.589. The molecule has 0 aliphatic carbocycles. The SMILES string of the molecule is CNC(=O)Oc1cc2cc(Br)cc(Cl)c2o1. The Morgan fingerprint density at radius 3 is 2.94 bits per heavy atom. The quantitative estimate of drug-likeness (QED) is 0.876. The van der Waals surface area contributed by atoms with Gasteiger partial charge in [-0.1, -0.05) is 27.5 Å². The monoisotopic (exact) mass is 303 g/mol. The molecule has 1 amide bonds. The highest BCUT2D eigenvalue weighted by molar-refractivity contribution is 9.10. The summed E-state index contributed by atoms with van der Waals surface area (Å²) in [6, 6.07) is 5.12. The summed E-state index contributed by atoms with van der Waals surface area (Å²) in [5.74, 6) is 0.106. The van der Waals surface area contributed by atoms with Crippen molar-refractivity contribution in [3.8, 4) is 5.95 Å². The van der Waals surface area contributed by atoms with Crippen molar-refractivity contribution in [2.75, 3.05) is 7.05 Å². The number of carbonyl (C=O) groups is 1. The molecule has 0 radical (unpaired) electrons. The van der Waals surface area contributed by atoms with E-state index in [-0.39, 0.29) is 5.95 Å². The lowest BCUT2D eigenvalue weighted by atomic mass is 10.3. The molecule has 0 fully saturated rings. The van der Waals surface area contributed by atoms with Crippen molar-refractivity contribution >= 4 is 44.6 Å². The maximum Gasteiger partial charge on any atom is 0.414 e. The normalized spacial score (nSPS) is 10.4. The van der Waals surface area contributed by atoms with Gasteiger partial charge in [-0.05, 0) is 12.1 Å². The van der Waals surface area contributed by atoms with Crippen molar-refractivity contribution in [2.24, 2.45) is 0 Å². The molecule has 16 heavy (non-hydrogen) atoms. The van der Waals surface area contributed by atoms with Crippen LogP contribution in [-0.2, 0) is 0 Å². The highest BCUT2D eigenvalue weighted by Crippen LogP contribution is 2.33. The summed E-state index contributed by atoms with van der Waals surface area (Å²) in [6.45, 7) is 0. The molecule has 4 nitrogen and oxygen atoms in total. The Kier molecular flexibility index (Phi) is 3.07. The van der Waals surface area contributed by atoms with Crippen molar-refractivity contribution in [3.05, 3.63) is 27.7 Å². The van der Waals surface area contributed by atoms with Gasteiger partial charge in [0.2, 0.25) is 0 Å². The van der Waals surface area contributed by atoms with Crippen LogP contribution < -0.4 is 10.1 Å². The van der Waals surface area contributed by atoms with E-state index in [1.165, 1.54) is 7.05 Å². The maximum absolute atomic E-state index is 11.0. The van der Waals surface area contributed by atoms with Gasteiger partial charge in [-0.25, -0.2) is 4.79 Å². The molecule has 0 aliphatic rings. The third-order valence-corrected chi connectivity index (χ3v) is 2.65. The second kappa shape index (κ2) is 4.35. The molecule has 6 heteroatoms. The van der Waals surface area contributed by atoms with Gasteiger partial charge in [-0.15, -0.1) is 0 Å². The lowest BCUT2D eigenvalue weighted by Crippen LogP contribution is -2.21. The molecular weight excluding hydrogens is 297 g/mol. The molecule has 0 bridgehead atoms. The van der Waals surface area contributed by atoms with Gasteiger partial charge in [0.15, 0.2) is 5.58 Å². The van der Waals surface area contributed by atoms with Crippen LogP contribution in [0.4, 0.5) is 4.79 Å². The largest absolute Gasteiger partial charge is 0.424 e. The molecule has 0 saturated carbocycles. The Morgan fingerprint density at radius 1 is 1.50 bits per heavy atom. The third kappa shape index (κ3) is 2.15. The molecule has 1 heterocycles. The summed E-state index contributed by atoms with van der Waals surface area (Å²) in [5, 5.41) is 3.54. The minimum Gasteiger partial charge on any atom is -0.424 e. The van der Waals surface area contributed by atoms with E-state index < -0.39 is 6.09 Å². The molecule has 1 N–H and O–H groups in total. The van der Waals surface area contributed by atoms with Crippen LogP contribution in [0.2, 0.25) is 5.02 Å². The number of amides is 1. The molecule has 0 aliphatic heterocycles. The number of ether oxygens (including phenoxy) is 1. The van der Waals surface area contributed by atoms with Gasteiger partial charge in [0.05, 0.1) is 5.02 Å². The van der Waals surface area contributed by atoms with Gasteiger partial charge in [0.1, 0.15) is 0 Å². The number of rotatable bonds is 1. The summed E-state index contributed by atoms with van der Waals surface area (Å²) in [5.41, 5.74) is 0.490. The Labute approximate surface area is 105 Å². The van der Waals surface area contributed by atoms with Gasteiger partial charge in [-0.2, -0.15) is 0 Å². The van der Waals surface area contributed by atoms with Gasteiger partial charge >= 0.3 is 6.09 Å². The second-order valence-corrected chi connectivity index (χ2v) is 4.33. The van der Waals surface area contributed by atoms with Crippen molar-refractivity contribution in [1.29, 1.82) is 0 Å². The predicted molar refractivity (Wildman–Crippen MR) is 64.0 cm³/mol. The lowest BCUT2D eigenvalue weighted by molar-refractivity contribution is 0.191. The summed E-state index contributed by atoms with van der Waals surface area (Å²) in [4.78, 5) is 11.0. The summed E-state index contributed by atoms with van der Waals surface area (Å²) < 4.78 is 11.0. The fraction of sp³-hybridized carbons (Fsp3) is 0.100. The Hall–Kier alpha value is -1.20. The van der Waals surface area contributed by atoms with E-state index in [4.69, 9.17) is 20.8 Å². The minimum absolute atomic E-state index is 0.106. The van der Waals surface area contributed by atoms with E-state index in [9.17, 15) is 4.79 Å². The number of hydrogen-bond acceptors (Lipinski definition) is 3. The Bertz CT molecular complexity index is 552. The number of nitrogens with one attached hydrogen (secondary N) is 1. The average Bonchev–Trinajstić information content (AvgIpc) is 2.60. The van der Waals surface area contributed by atoms with Crippen LogP contribution in [0.5, 0.6) is 5.95 Å². The molecule has 2 rings (SSSR count). The van der Waals surface area contributed by atoms with Crippen LogP contribution in [0.15, 0.2) is 27.1 Å². The Balaban J connectivity index is 2.44. The first-order valence-electron chi connectivity index (χ1n) is 4.38. The maximum atomic E-state index is 11.0. The predicted octanol–water partition coefficient (Wildman–Crippen LogP) is 3.57. The first-order valence-corrected chi connectivity index (χ1v) is 5.55. The van der Waals surface area contributed by atoms with Crippen molar-refractivity contribution in [3.63, 3.8) is 0 Å². The standard InChI is InChI=1S/C10H7BrClNO3/c1-13-10(14)16-8-3-5-2-6(11)4-7(12)9(5)15-8/h2-4H,1H3,(H,13,14). The van der Waals surface area contributed by atoms with E-state index >= 15 is 0 Å². The van der Waals surface area contributed by atoms with Gasteiger partial charge < -0.3 is 14.5 Å². The van der Waals surface area contributed by atoms with Gasteiger partial charge in [0, 0.05) is 23.0 Å². The van der Waals surface area contributed by atoms with Crippen LogP contribution in [0.3, 0.4) is 0 Å². The molecule has 2 aromatic rings. The molecule has 0 spiro atoms. The van der Waals surface area contributed by atoms with Crippen LogP contribution >= 0.6 is 27.5 Å². The van der Waals surface area contributed by atoms with Crippen LogP contribution in [-0.4, -0.2) is 13.1 Å². The number of hydrogen-bond donors (Lipinski definition) is 1. The fourth-order valence-electron chi connectivity index (χ4n) is 1.24. The van der Waals surface area contributed by atoms with E-state index in [1.807, 2.05) is 6.07 Å². The molecular formula is C10H7BrClNO3. The van der Waals surface area contributed by atoms with Crippen molar-refractivity contribution in [2.45, 2.75) is 0 Å². The molecule has 1 aromatic heterocycles. The highest BCUT2D eigenvalue weighted by Gasteiger charge is 2.11. The van der Waals surface area contributed by atoms with Crippen LogP contribution in [0.1, 0.15) is 0 Å². The molecule has 0 saturated heterocycles. The highest BCUT2D eigenvalue weighted by atomic mass is 79.9. The Morgan fingerprint density at radius 2 is 2.25 bits per heavy atom. The van der Waals surface area contributed by atoms with E-state index in [1.54, 1.807) is 12.1 Å². The molecule has 0 atom stereocenters. The van der Waals surface area contributed by atoms with Gasteiger partial charge in [0.25, 0.3) is 5.95 Å².